The Morgan fingerprint density at radius 1 is 0.486 bits per heavy atom. The summed E-state index contributed by atoms with van der Waals surface area (Å²) in [5, 5.41) is 2.35. The molecule has 2 heterocycles. The fourth-order valence-electron chi connectivity index (χ4n) is 5.23. The van der Waals surface area contributed by atoms with E-state index in [2.05, 4.69) is 126 Å². The molecule has 0 saturated carbocycles. The Labute approximate surface area is 203 Å². The van der Waals surface area contributed by atoms with Crippen molar-refractivity contribution in [2.45, 2.75) is 0 Å². The molecule has 3 heteroatoms. The SMILES string of the molecule is Nn1c2ccccc2c2ccc(-c3ccc4c(c3)N(c3ccccc3)c3ccccc3C=C4)cc21. The van der Waals surface area contributed by atoms with E-state index in [1.165, 1.54) is 27.6 Å². The van der Waals surface area contributed by atoms with E-state index in [9.17, 15) is 0 Å². The molecule has 1 aliphatic heterocycles. The largest absolute Gasteiger partial charge is 0.339 e. The standard InChI is InChI=1S/C32H23N3/c33-35-30-13-7-5-11-27(30)28-19-18-25(21-32(28)35)24-17-16-23-15-14-22-8-4-6-12-29(22)34(31(23)20-24)26-9-2-1-3-10-26/h1-21H,33H2. The second-order valence-corrected chi connectivity index (χ2v) is 8.96. The summed E-state index contributed by atoms with van der Waals surface area (Å²) in [6.07, 6.45) is 4.41. The Kier molecular flexibility index (Phi) is 4.30. The highest BCUT2D eigenvalue weighted by Crippen LogP contribution is 2.43. The van der Waals surface area contributed by atoms with Gasteiger partial charge in [-0.1, -0.05) is 91.0 Å². The van der Waals surface area contributed by atoms with Crippen molar-refractivity contribution in [2.24, 2.45) is 0 Å². The maximum absolute atomic E-state index is 6.50. The summed E-state index contributed by atoms with van der Waals surface area (Å²) in [7, 11) is 0. The van der Waals surface area contributed by atoms with Crippen LogP contribution in [0.3, 0.4) is 0 Å². The highest BCUT2D eigenvalue weighted by molar-refractivity contribution is 6.09. The van der Waals surface area contributed by atoms with E-state index in [-0.39, 0.29) is 0 Å². The molecule has 0 radical (unpaired) electrons. The van der Waals surface area contributed by atoms with Gasteiger partial charge in [0.25, 0.3) is 0 Å². The Morgan fingerprint density at radius 3 is 2.03 bits per heavy atom. The van der Waals surface area contributed by atoms with Crippen LogP contribution in [0, 0.1) is 0 Å². The minimum absolute atomic E-state index is 1.03. The van der Waals surface area contributed by atoms with Gasteiger partial charge in [0, 0.05) is 16.5 Å². The molecule has 0 amide bonds. The summed E-state index contributed by atoms with van der Waals surface area (Å²) in [5.41, 5.74) is 10.2. The maximum Gasteiger partial charge on any atom is 0.0709 e. The maximum atomic E-state index is 6.50. The monoisotopic (exact) mass is 449 g/mol. The molecule has 6 aromatic rings. The van der Waals surface area contributed by atoms with Crippen LogP contribution in [-0.2, 0) is 0 Å². The Hall–Kier alpha value is -4.76. The van der Waals surface area contributed by atoms with Gasteiger partial charge >= 0.3 is 0 Å². The molecular weight excluding hydrogens is 426 g/mol. The van der Waals surface area contributed by atoms with Crippen molar-refractivity contribution in [3.05, 3.63) is 126 Å². The van der Waals surface area contributed by atoms with E-state index in [1.807, 2.05) is 6.07 Å². The first-order valence-corrected chi connectivity index (χ1v) is 11.8. The minimum Gasteiger partial charge on any atom is -0.339 e. The van der Waals surface area contributed by atoms with Gasteiger partial charge in [0.1, 0.15) is 0 Å². The molecule has 0 atom stereocenters. The average molecular weight is 450 g/mol. The average Bonchev–Trinajstić information content (AvgIpc) is 3.09. The van der Waals surface area contributed by atoms with Crippen LogP contribution in [0.5, 0.6) is 0 Å². The number of nitrogens with two attached hydrogens (primary N) is 1. The van der Waals surface area contributed by atoms with Gasteiger partial charge in [-0.2, -0.15) is 0 Å². The molecule has 1 aromatic heterocycles. The quantitative estimate of drug-likeness (QED) is 0.270. The zero-order chi connectivity index (χ0) is 23.4. The van der Waals surface area contributed by atoms with Crippen molar-refractivity contribution in [1.82, 2.24) is 4.68 Å². The number of hydrogen-bond donors (Lipinski definition) is 1. The number of nitrogens with zero attached hydrogens (tertiary/aromatic N) is 2. The Bertz CT molecular complexity index is 1760. The molecular formula is C32H23N3. The molecule has 0 fully saturated rings. The summed E-state index contributed by atoms with van der Waals surface area (Å²) in [6, 6.07) is 40.7. The lowest BCUT2D eigenvalue weighted by Crippen LogP contribution is -2.11. The predicted molar refractivity (Wildman–Crippen MR) is 149 cm³/mol. The van der Waals surface area contributed by atoms with Crippen molar-refractivity contribution in [3.8, 4) is 11.1 Å². The third-order valence-corrected chi connectivity index (χ3v) is 6.95. The van der Waals surface area contributed by atoms with Gasteiger partial charge in [-0.25, -0.2) is 0 Å². The van der Waals surface area contributed by atoms with Crippen LogP contribution in [-0.4, -0.2) is 4.68 Å². The lowest BCUT2D eigenvalue weighted by atomic mass is 10.00. The summed E-state index contributed by atoms with van der Waals surface area (Å²) >= 11 is 0. The van der Waals surface area contributed by atoms with Gasteiger partial charge in [-0.3, -0.25) is 4.68 Å². The minimum atomic E-state index is 1.03. The second kappa shape index (κ2) is 7.64. The van der Waals surface area contributed by atoms with Gasteiger partial charge in [0.15, 0.2) is 0 Å². The zero-order valence-electron chi connectivity index (χ0n) is 19.1. The summed E-state index contributed by atoms with van der Waals surface area (Å²) in [4.78, 5) is 2.35. The molecule has 0 bridgehead atoms. The zero-order valence-corrected chi connectivity index (χ0v) is 19.1. The Morgan fingerprint density at radius 2 is 1.14 bits per heavy atom. The van der Waals surface area contributed by atoms with Crippen molar-refractivity contribution in [1.29, 1.82) is 0 Å². The Balaban J connectivity index is 1.44. The summed E-state index contributed by atoms with van der Waals surface area (Å²) < 4.78 is 1.80. The number of hydrogen-bond acceptors (Lipinski definition) is 2. The number of para-hydroxylation sites is 3. The summed E-state index contributed by atoms with van der Waals surface area (Å²) in [6.45, 7) is 0. The lowest BCUT2D eigenvalue weighted by molar-refractivity contribution is 1.12. The first-order chi connectivity index (χ1) is 17.3. The molecule has 5 aromatic carbocycles. The van der Waals surface area contributed by atoms with E-state index in [4.69, 9.17) is 5.84 Å². The van der Waals surface area contributed by atoms with Gasteiger partial charge in [-0.15, -0.1) is 0 Å². The van der Waals surface area contributed by atoms with Gasteiger partial charge in [0.05, 0.1) is 22.4 Å². The smallest absolute Gasteiger partial charge is 0.0709 e. The fourth-order valence-corrected chi connectivity index (χ4v) is 5.23. The lowest BCUT2D eigenvalue weighted by Gasteiger charge is -2.27. The molecule has 35 heavy (non-hydrogen) atoms. The third-order valence-electron chi connectivity index (χ3n) is 6.95. The topological polar surface area (TPSA) is 34.2 Å². The first-order valence-electron chi connectivity index (χ1n) is 11.8. The fraction of sp³-hybridized carbons (Fsp3) is 0. The van der Waals surface area contributed by atoms with Crippen molar-refractivity contribution < 1.29 is 0 Å². The van der Waals surface area contributed by atoms with E-state index in [1.54, 1.807) is 4.68 Å². The van der Waals surface area contributed by atoms with Crippen LogP contribution in [0.1, 0.15) is 11.1 Å². The van der Waals surface area contributed by atoms with Crippen LogP contribution in [0.4, 0.5) is 17.1 Å². The molecule has 2 N–H and O–H groups in total. The number of nitrogen functional groups attached to an aromatic ring is 1. The molecule has 3 nitrogen and oxygen atoms in total. The van der Waals surface area contributed by atoms with Crippen molar-refractivity contribution in [3.63, 3.8) is 0 Å². The van der Waals surface area contributed by atoms with Gasteiger partial charge in [-0.05, 0) is 58.7 Å². The van der Waals surface area contributed by atoms with Gasteiger partial charge < -0.3 is 10.7 Å². The van der Waals surface area contributed by atoms with E-state index >= 15 is 0 Å². The van der Waals surface area contributed by atoms with Crippen LogP contribution >= 0.6 is 0 Å². The van der Waals surface area contributed by atoms with Crippen molar-refractivity contribution >= 4 is 51.0 Å². The second-order valence-electron chi connectivity index (χ2n) is 8.96. The van der Waals surface area contributed by atoms with Crippen LogP contribution in [0.25, 0.3) is 45.1 Å². The van der Waals surface area contributed by atoms with Crippen LogP contribution < -0.4 is 10.7 Å². The normalized spacial score (nSPS) is 12.5. The molecule has 1 aliphatic rings. The number of fused-ring (bicyclic) bond motifs is 5. The number of anilines is 3. The highest BCUT2D eigenvalue weighted by Gasteiger charge is 2.20. The van der Waals surface area contributed by atoms with E-state index < -0.39 is 0 Å². The highest BCUT2D eigenvalue weighted by atomic mass is 15.3. The first kappa shape index (κ1) is 19.7. The third kappa shape index (κ3) is 3.06. The number of benzene rings is 5. The molecule has 0 spiro atoms. The van der Waals surface area contributed by atoms with Crippen molar-refractivity contribution in [2.75, 3.05) is 10.7 Å². The van der Waals surface area contributed by atoms with Crippen LogP contribution in [0.2, 0.25) is 0 Å². The van der Waals surface area contributed by atoms with E-state index in [0.717, 1.165) is 33.5 Å². The van der Waals surface area contributed by atoms with Gasteiger partial charge in [0.2, 0.25) is 0 Å². The number of aromatic nitrogens is 1. The molecule has 7 rings (SSSR count). The molecule has 166 valence electrons. The van der Waals surface area contributed by atoms with Crippen LogP contribution in [0.15, 0.2) is 115 Å². The molecule has 0 saturated heterocycles. The van der Waals surface area contributed by atoms with E-state index in [0.29, 0.717) is 0 Å². The number of rotatable bonds is 2. The molecule has 0 aliphatic carbocycles. The molecule has 0 unspecified atom stereocenters. The predicted octanol–water partition coefficient (Wildman–Crippen LogP) is 8.13. The summed E-state index contributed by atoms with van der Waals surface area (Å²) in [5.74, 6) is 6.50.